The van der Waals surface area contributed by atoms with E-state index in [4.69, 9.17) is 33.5 Å². The summed E-state index contributed by atoms with van der Waals surface area (Å²) in [6, 6.07) is 9.77. The highest BCUT2D eigenvalue weighted by molar-refractivity contribution is 5.78. The molecule has 0 fully saturated rings. The maximum Gasteiger partial charge on any atom is 0.327 e. The summed E-state index contributed by atoms with van der Waals surface area (Å²) in [5, 5.41) is 7.60. The fourth-order valence-electron chi connectivity index (χ4n) is 3.34. The molecule has 0 spiro atoms. The Labute approximate surface area is 243 Å². The molecule has 8 heteroatoms. The number of carbonyl (C=O) groups is 1. The normalized spacial score (nSPS) is 14.8. The Morgan fingerprint density at radius 1 is 0.700 bits per heavy atom. The van der Waals surface area contributed by atoms with Crippen LogP contribution in [0.25, 0.3) is 0 Å². The molecule has 0 heterocycles. The molecule has 0 aliphatic rings. The molecule has 40 heavy (non-hydrogen) atoms. The molecule has 0 aliphatic heterocycles. The zero-order valence-corrected chi connectivity index (χ0v) is 25.8. The van der Waals surface area contributed by atoms with Gasteiger partial charge in [0.1, 0.15) is 12.4 Å². The van der Waals surface area contributed by atoms with E-state index in [2.05, 4.69) is 20.4 Å². The van der Waals surface area contributed by atoms with E-state index in [1.54, 1.807) is 0 Å². The number of carboxylic acids is 1. The molecule has 0 saturated carbocycles. The molecular weight excluding hydrogens is 512 g/mol. The molecular formula is C32H56O8. The van der Waals surface area contributed by atoms with E-state index in [1.807, 2.05) is 58.0 Å². The van der Waals surface area contributed by atoms with Gasteiger partial charge in [-0.3, -0.25) is 0 Å². The summed E-state index contributed by atoms with van der Waals surface area (Å²) >= 11 is 0. The number of benzene rings is 1. The summed E-state index contributed by atoms with van der Waals surface area (Å²) in [6.07, 6.45) is 8.59. The average Bonchev–Trinajstić information content (AvgIpc) is 2.96. The Morgan fingerprint density at radius 3 is 1.55 bits per heavy atom. The van der Waals surface area contributed by atoms with Gasteiger partial charge in [-0.25, -0.2) is 4.79 Å². The molecule has 0 aliphatic carbocycles. The fraction of sp³-hybridized carbons (Fsp3) is 0.719. The summed E-state index contributed by atoms with van der Waals surface area (Å²) < 4.78 is 35.1. The lowest BCUT2D eigenvalue weighted by atomic mass is 10.1. The molecule has 0 radical (unpaired) electrons. The third kappa shape index (κ3) is 25.0. The number of para-hydroxylation sites is 1. The first-order valence-corrected chi connectivity index (χ1v) is 14.8. The predicted molar refractivity (Wildman–Crippen MR) is 160 cm³/mol. The summed E-state index contributed by atoms with van der Waals surface area (Å²) in [4.78, 5) is 9.25. The van der Waals surface area contributed by atoms with Gasteiger partial charge in [-0.15, -0.1) is 0 Å². The second-order valence-corrected chi connectivity index (χ2v) is 10.2. The molecule has 232 valence electrons. The highest BCUT2D eigenvalue weighted by Gasteiger charge is 2.13. The number of hydrogen-bond donors (Lipinski definition) is 1. The third-order valence-corrected chi connectivity index (χ3v) is 5.76. The van der Waals surface area contributed by atoms with E-state index >= 15 is 0 Å². The molecule has 1 rings (SSSR count). The van der Waals surface area contributed by atoms with E-state index in [0.29, 0.717) is 33.0 Å². The average molecular weight is 569 g/mol. The first kappa shape index (κ1) is 38.0. The molecule has 1 aromatic rings. The molecule has 1 aromatic carbocycles. The topological polar surface area (TPSA) is 92.7 Å². The van der Waals surface area contributed by atoms with Gasteiger partial charge in [0.2, 0.25) is 0 Å². The standard InChI is InChI=1S/C29H52O6.C3H4O2/c1-7-8-9-10-11-15-18-30-24(2)19-31-25(3)20-32-26(4)21-33-27(5)22-34-28(6)23-35-29-16-13-12-14-17-29;1-2-3(4)5/h12-14,16-17,24-28H,7-11,15,18-23H2,1-6H3;2H,1H2,(H,4,5). The van der Waals surface area contributed by atoms with Gasteiger partial charge in [-0.1, -0.05) is 63.8 Å². The number of rotatable bonds is 24. The first-order chi connectivity index (χ1) is 19.2. The van der Waals surface area contributed by atoms with Crippen molar-refractivity contribution >= 4 is 5.97 Å². The number of carboxylic acid groups (broad SMARTS) is 1. The predicted octanol–water partition coefficient (Wildman–Crippen LogP) is 6.71. The van der Waals surface area contributed by atoms with Gasteiger partial charge >= 0.3 is 5.97 Å². The Hall–Kier alpha value is -1.97. The molecule has 0 aromatic heterocycles. The minimum Gasteiger partial charge on any atom is -0.491 e. The van der Waals surface area contributed by atoms with Crippen LogP contribution in [0.1, 0.15) is 80.1 Å². The van der Waals surface area contributed by atoms with Crippen molar-refractivity contribution in [3.8, 4) is 5.75 Å². The molecule has 5 atom stereocenters. The van der Waals surface area contributed by atoms with Gasteiger partial charge in [-0.05, 0) is 53.2 Å². The van der Waals surface area contributed by atoms with E-state index in [0.717, 1.165) is 24.9 Å². The van der Waals surface area contributed by atoms with Crippen LogP contribution in [-0.2, 0) is 28.5 Å². The van der Waals surface area contributed by atoms with Crippen LogP contribution in [0, 0.1) is 0 Å². The molecule has 8 nitrogen and oxygen atoms in total. The van der Waals surface area contributed by atoms with Gasteiger partial charge < -0.3 is 33.5 Å². The lowest BCUT2D eigenvalue weighted by molar-refractivity contribution is -0.131. The van der Waals surface area contributed by atoms with Crippen LogP contribution in [0.4, 0.5) is 0 Å². The van der Waals surface area contributed by atoms with Crippen LogP contribution in [0.3, 0.4) is 0 Å². The van der Waals surface area contributed by atoms with Crippen molar-refractivity contribution in [3.63, 3.8) is 0 Å². The van der Waals surface area contributed by atoms with Crippen LogP contribution < -0.4 is 4.74 Å². The van der Waals surface area contributed by atoms with Gasteiger partial charge in [0.25, 0.3) is 0 Å². The van der Waals surface area contributed by atoms with Gasteiger partial charge in [0, 0.05) is 12.7 Å². The minimum absolute atomic E-state index is 0.00917. The Morgan fingerprint density at radius 2 is 1.10 bits per heavy atom. The van der Waals surface area contributed by atoms with Gasteiger partial charge in [0.05, 0.1) is 56.9 Å². The lowest BCUT2D eigenvalue weighted by Crippen LogP contribution is -2.29. The van der Waals surface area contributed by atoms with Crippen molar-refractivity contribution in [1.82, 2.24) is 0 Å². The third-order valence-electron chi connectivity index (χ3n) is 5.76. The minimum atomic E-state index is -0.981. The van der Waals surface area contributed by atoms with Crippen molar-refractivity contribution in [1.29, 1.82) is 0 Å². The number of unbranched alkanes of at least 4 members (excludes halogenated alkanes) is 5. The highest BCUT2D eigenvalue weighted by atomic mass is 16.6. The Kier molecular flexibility index (Phi) is 24.7. The van der Waals surface area contributed by atoms with E-state index < -0.39 is 5.97 Å². The number of aliphatic carboxylic acids is 1. The Bertz CT molecular complexity index is 714. The summed E-state index contributed by atoms with van der Waals surface area (Å²) in [5.74, 6) is -0.128. The summed E-state index contributed by atoms with van der Waals surface area (Å²) in [7, 11) is 0. The molecule has 0 saturated heterocycles. The lowest BCUT2D eigenvalue weighted by Gasteiger charge is -2.22. The van der Waals surface area contributed by atoms with Gasteiger partial charge in [-0.2, -0.15) is 0 Å². The van der Waals surface area contributed by atoms with E-state index in [9.17, 15) is 4.79 Å². The zero-order valence-electron chi connectivity index (χ0n) is 25.8. The highest BCUT2D eigenvalue weighted by Crippen LogP contribution is 2.10. The molecule has 0 bridgehead atoms. The zero-order chi connectivity index (χ0) is 30.0. The largest absolute Gasteiger partial charge is 0.491 e. The number of hydrogen-bond acceptors (Lipinski definition) is 7. The molecule has 0 amide bonds. The molecule has 5 unspecified atom stereocenters. The van der Waals surface area contributed by atoms with Crippen molar-refractivity contribution in [3.05, 3.63) is 43.0 Å². The van der Waals surface area contributed by atoms with Gasteiger partial charge in [0.15, 0.2) is 0 Å². The van der Waals surface area contributed by atoms with Crippen molar-refractivity contribution < 1.29 is 38.3 Å². The van der Waals surface area contributed by atoms with Crippen LogP contribution in [0.5, 0.6) is 5.75 Å². The smallest absolute Gasteiger partial charge is 0.327 e. The second kappa shape index (κ2) is 26.0. The second-order valence-electron chi connectivity index (χ2n) is 10.2. The monoisotopic (exact) mass is 568 g/mol. The summed E-state index contributed by atoms with van der Waals surface area (Å²) in [5.41, 5.74) is 0. The van der Waals surface area contributed by atoms with Crippen LogP contribution >= 0.6 is 0 Å². The van der Waals surface area contributed by atoms with E-state index in [-0.39, 0.29) is 30.5 Å². The maximum atomic E-state index is 9.25. The van der Waals surface area contributed by atoms with Crippen LogP contribution in [0.15, 0.2) is 43.0 Å². The number of ether oxygens (including phenoxy) is 6. The maximum absolute atomic E-state index is 9.25. The fourth-order valence-corrected chi connectivity index (χ4v) is 3.34. The SMILES string of the molecule is C=CC(=O)O.CCCCCCCCOC(C)COC(C)COC(C)COC(C)COC(C)COc1ccccc1. The first-order valence-electron chi connectivity index (χ1n) is 14.8. The van der Waals surface area contributed by atoms with Crippen molar-refractivity contribution in [2.45, 2.75) is 111 Å². The molecule has 1 N–H and O–H groups in total. The van der Waals surface area contributed by atoms with E-state index in [1.165, 1.54) is 32.1 Å². The van der Waals surface area contributed by atoms with Crippen LogP contribution in [-0.4, -0.2) is 81.2 Å². The van der Waals surface area contributed by atoms with Crippen LogP contribution in [0.2, 0.25) is 0 Å². The Balaban J connectivity index is 0.00000277. The quantitative estimate of drug-likeness (QED) is 0.109. The summed E-state index contributed by atoms with van der Waals surface area (Å²) in [6.45, 7) is 18.8. The van der Waals surface area contributed by atoms with Crippen molar-refractivity contribution in [2.24, 2.45) is 0 Å². The van der Waals surface area contributed by atoms with Crippen molar-refractivity contribution in [2.75, 3.05) is 39.6 Å².